The van der Waals surface area contributed by atoms with Crippen LogP contribution in [0.2, 0.25) is 10.0 Å². The van der Waals surface area contributed by atoms with Crippen molar-refractivity contribution in [2.24, 2.45) is 5.41 Å². The molecule has 1 aromatic carbocycles. The molecule has 2 heterocycles. The van der Waals surface area contributed by atoms with Crippen LogP contribution in [-0.2, 0) is 6.61 Å². The van der Waals surface area contributed by atoms with Crippen LogP contribution in [-0.4, -0.2) is 28.3 Å². The van der Waals surface area contributed by atoms with Crippen molar-refractivity contribution in [3.05, 3.63) is 40.0 Å². The highest BCUT2D eigenvalue weighted by molar-refractivity contribution is 6.43. The number of halogens is 2. The first-order valence-corrected chi connectivity index (χ1v) is 10.3. The molecule has 0 radical (unpaired) electrons. The Hall–Kier alpha value is -1.49. The van der Waals surface area contributed by atoms with Gasteiger partial charge in [-0.2, -0.15) is 0 Å². The second-order valence-electron chi connectivity index (χ2n) is 7.78. The molecular weight excluding hydrogens is 383 g/mol. The maximum Gasteiger partial charge on any atom is 0.144 e. The monoisotopic (exact) mass is 406 g/mol. The minimum atomic E-state index is -0.192. The lowest BCUT2D eigenvalue weighted by Gasteiger charge is -2.41. The van der Waals surface area contributed by atoms with Crippen molar-refractivity contribution in [1.29, 1.82) is 0 Å². The van der Waals surface area contributed by atoms with E-state index in [0.29, 0.717) is 32.4 Å². The topological polar surface area (TPSA) is 56.6 Å². The molecule has 2 aliphatic rings. The Labute approximate surface area is 169 Å². The molecule has 1 aliphatic carbocycles. The summed E-state index contributed by atoms with van der Waals surface area (Å²) in [6.07, 6.45) is 7.70. The molecule has 0 atom stereocenters. The first kappa shape index (κ1) is 18.9. The molecule has 1 aromatic heterocycles. The van der Waals surface area contributed by atoms with Gasteiger partial charge in [0.05, 0.1) is 28.0 Å². The Morgan fingerprint density at radius 1 is 1.07 bits per heavy atom. The van der Waals surface area contributed by atoms with Crippen LogP contribution in [0.15, 0.2) is 24.3 Å². The maximum absolute atomic E-state index is 10.6. The molecule has 1 saturated heterocycles. The lowest BCUT2D eigenvalue weighted by atomic mass is 9.77. The molecule has 2 aromatic rings. The highest BCUT2D eigenvalue weighted by atomic mass is 35.5. The van der Waals surface area contributed by atoms with Gasteiger partial charge in [0.25, 0.3) is 0 Å². The molecule has 2 N–H and O–H groups in total. The van der Waals surface area contributed by atoms with Crippen LogP contribution in [0.3, 0.4) is 0 Å². The number of anilines is 1. The Kier molecular flexibility index (Phi) is 5.23. The van der Waals surface area contributed by atoms with E-state index in [9.17, 15) is 10.2 Å². The van der Waals surface area contributed by atoms with E-state index >= 15 is 0 Å². The van der Waals surface area contributed by atoms with E-state index in [1.807, 2.05) is 0 Å². The number of hydrogen-bond donors (Lipinski definition) is 2. The summed E-state index contributed by atoms with van der Waals surface area (Å²) < 4.78 is 0. The number of rotatable bonds is 3. The SMILES string of the molecule is OCc1nc(-c2cccc(Cl)c2Cl)c(O)cc1N1CCC2(CCCC2)CC1. The molecule has 0 amide bonds. The molecule has 144 valence electrons. The lowest BCUT2D eigenvalue weighted by molar-refractivity contribution is 0.225. The first-order valence-electron chi connectivity index (χ1n) is 9.56. The van der Waals surface area contributed by atoms with Gasteiger partial charge < -0.3 is 15.1 Å². The van der Waals surface area contributed by atoms with Gasteiger partial charge in [-0.15, -0.1) is 0 Å². The highest BCUT2D eigenvalue weighted by Gasteiger charge is 2.37. The average molecular weight is 407 g/mol. The third-order valence-electron chi connectivity index (χ3n) is 6.24. The van der Waals surface area contributed by atoms with Crippen molar-refractivity contribution in [2.75, 3.05) is 18.0 Å². The van der Waals surface area contributed by atoms with Crippen molar-refractivity contribution in [3.63, 3.8) is 0 Å². The zero-order valence-electron chi connectivity index (χ0n) is 15.2. The molecular formula is C21H24Cl2N2O2. The van der Waals surface area contributed by atoms with E-state index in [-0.39, 0.29) is 12.4 Å². The van der Waals surface area contributed by atoms with Crippen LogP contribution in [0.4, 0.5) is 5.69 Å². The molecule has 0 bridgehead atoms. The number of piperidine rings is 1. The minimum Gasteiger partial charge on any atom is -0.506 e. The predicted molar refractivity (Wildman–Crippen MR) is 110 cm³/mol. The van der Waals surface area contributed by atoms with E-state index in [1.165, 1.54) is 38.5 Å². The Morgan fingerprint density at radius 2 is 1.78 bits per heavy atom. The van der Waals surface area contributed by atoms with Gasteiger partial charge in [-0.1, -0.05) is 48.2 Å². The Bertz CT molecular complexity index is 840. The quantitative estimate of drug-likeness (QED) is 0.714. The number of nitrogens with zero attached hydrogens (tertiary/aromatic N) is 2. The van der Waals surface area contributed by atoms with Gasteiger partial charge >= 0.3 is 0 Å². The van der Waals surface area contributed by atoms with E-state index in [0.717, 1.165) is 18.8 Å². The van der Waals surface area contributed by atoms with Crippen LogP contribution in [0.5, 0.6) is 5.75 Å². The van der Waals surface area contributed by atoms with Crippen LogP contribution >= 0.6 is 23.2 Å². The zero-order chi connectivity index (χ0) is 19.0. The second kappa shape index (κ2) is 7.50. The fourth-order valence-electron chi connectivity index (χ4n) is 4.65. The van der Waals surface area contributed by atoms with Crippen LogP contribution in [0.1, 0.15) is 44.2 Å². The normalized spacial score (nSPS) is 19.0. The van der Waals surface area contributed by atoms with Crippen LogP contribution in [0, 0.1) is 5.41 Å². The number of aromatic hydroxyl groups is 1. The third kappa shape index (κ3) is 3.51. The van der Waals surface area contributed by atoms with Gasteiger partial charge in [0, 0.05) is 24.7 Å². The molecule has 4 nitrogen and oxygen atoms in total. The smallest absolute Gasteiger partial charge is 0.144 e. The molecule has 6 heteroatoms. The predicted octanol–water partition coefficient (Wildman–Crippen LogP) is 5.41. The highest BCUT2D eigenvalue weighted by Crippen LogP contribution is 2.47. The molecule has 4 rings (SSSR count). The Morgan fingerprint density at radius 3 is 2.44 bits per heavy atom. The van der Waals surface area contributed by atoms with Gasteiger partial charge in [0.1, 0.15) is 11.4 Å². The third-order valence-corrected chi connectivity index (χ3v) is 7.06. The Balaban J connectivity index is 1.65. The fraction of sp³-hybridized carbons (Fsp3) is 0.476. The molecule has 1 aliphatic heterocycles. The molecule has 1 saturated carbocycles. The summed E-state index contributed by atoms with van der Waals surface area (Å²) in [6.45, 7) is 1.68. The fourth-order valence-corrected chi connectivity index (χ4v) is 5.04. The zero-order valence-corrected chi connectivity index (χ0v) is 16.7. The summed E-state index contributed by atoms with van der Waals surface area (Å²) in [4.78, 5) is 6.78. The standard InChI is InChI=1S/C21H24Cl2N2O2/c22-15-5-3-4-14(19(15)23)20-18(27)12-17(16(13-26)24-20)25-10-8-21(9-11-25)6-1-2-7-21/h3-5,12,26-27H,1-2,6-11,13H2. The van der Waals surface area contributed by atoms with E-state index < -0.39 is 0 Å². The minimum absolute atomic E-state index is 0.0486. The molecule has 27 heavy (non-hydrogen) atoms. The van der Waals surface area contributed by atoms with Gasteiger partial charge in [0.2, 0.25) is 0 Å². The number of benzene rings is 1. The van der Waals surface area contributed by atoms with Gasteiger partial charge in [-0.25, -0.2) is 4.98 Å². The van der Waals surface area contributed by atoms with E-state index in [4.69, 9.17) is 23.2 Å². The number of aromatic nitrogens is 1. The van der Waals surface area contributed by atoms with Gasteiger partial charge in [-0.05, 0) is 37.2 Å². The van der Waals surface area contributed by atoms with Crippen molar-refractivity contribution < 1.29 is 10.2 Å². The van der Waals surface area contributed by atoms with Crippen molar-refractivity contribution in [3.8, 4) is 17.0 Å². The summed E-state index contributed by atoms with van der Waals surface area (Å²) in [5, 5.41) is 21.3. The van der Waals surface area contributed by atoms with Crippen molar-refractivity contribution >= 4 is 28.9 Å². The second-order valence-corrected chi connectivity index (χ2v) is 8.56. The number of hydrogen-bond acceptors (Lipinski definition) is 4. The van der Waals surface area contributed by atoms with Crippen molar-refractivity contribution in [2.45, 2.75) is 45.1 Å². The molecule has 2 fully saturated rings. The summed E-state index contributed by atoms with van der Waals surface area (Å²) in [6, 6.07) is 6.93. The summed E-state index contributed by atoms with van der Waals surface area (Å²) in [5.74, 6) is 0.0486. The van der Waals surface area contributed by atoms with Crippen molar-refractivity contribution in [1.82, 2.24) is 4.98 Å². The lowest BCUT2D eigenvalue weighted by Crippen LogP contribution is -2.39. The molecule has 1 spiro atoms. The van der Waals surface area contributed by atoms with Crippen LogP contribution < -0.4 is 4.90 Å². The summed E-state index contributed by atoms with van der Waals surface area (Å²) in [5.41, 5.74) is 2.79. The summed E-state index contributed by atoms with van der Waals surface area (Å²) in [7, 11) is 0. The first-order chi connectivity index (χ1) is 13.0. The van der Waals surface area contributed by atoms with Crippen LogP contribution in [0.25, 0.3) is 11.3 Å². The van der Waals surface area contributed by atoms with Gasteiger partial charge in [-0.3, -0.25) is 0 Å². The average Bonchev–Trinajstić information content (AvgIpc) is 3.13. The number of aliphatic hydroxyl groups excluding tert-OH is 1. The van der Waals surface area contributed by atoms with Gasteiger partial charge in [0.15, 0.2) is 0 Å². The maximum atomic E-state index is 10.6. The van der Waals surface area contributed by atoms with E-state index in [1.54, 1.807) is 24.3 Å². The van der Waals surface area contributed by atoms with E-state index in [2.05, 4.69) is 9.88 Å². The summed E-state index contributed by atoms with van der Waals surface area (Å²) >= 11 is 12.4. The number of aliphatic hydroxyl groups is 1. The largest absolute Gasteiger partial charge is 0.506 e. The molecule has 0 unspecified atom stereocenters. The number of pyridine rings is 1.